The van der Waals surface area contributed by atoms with E-state index in [1.807, 2.05) is 7.05 Å². The average Bonchev–Trinajstić information content (AvgIpc) is 3.15. The first kappa shape index (κ1) is 16.4. The summed E-state index contributed by atoms with van der Waals surface area (Å²) in [5, 5.41) is 0.154. The minimum atomic E-state index is -3.68. The minimum absolute atomic E-state index is 0.0371. The van der Waals surface area contributed by atoms with Gasteiger partial charge < -0.3 is 9.88 Å². The van der Waals surface area contributed by atoms with Crippen molar-refractivity contribution in [2.24, 2.45) is 5.92 Å². The molecule has 126 valence electrons. The molecule has 3 rings (SSSR count). The number of halogens is 1. The molecule has 0 aliphatic carbocycles. The first-order valence-electron chi connectivity index (χ1n) is 7.87. The van der Waals surface area contributed by atoms with Crippen molar-refractivity contribution in [2.75, 3.05) is 33.2 Å². The molecule has 23 heavy (non-hydrogen) atoms. The van der Waals surface area contributed by atoms with Crippen LogP contribution in [-0.2, 0) is 10.0 Å². The maximum absolute atomic E-state index is 14.1. The van der Waals surface area contributed by atoms with Crippen molar-refractivity contribution in [3.63, 3.8) is 0 Å². The van der Waals surface area contributed by atoms with E-state index in [-0.39, 0.29) is 10.3 Å². The standard InChI is InChI=1S/C16H22FN3O2S/c1-3-19(2)10-12-7-8-20(11-12)23(21,22)15-9-18-14-6-4-5-13(17)16(14)15/h4-6,9,12,18H,3,7-8,10-11H2,1-2H3/t12-/m1/s1. The molecule has 1 aromatic heterocycles. The second kappa shape index (κ2) is 6.22. The van der Waals surface area contributed by atoms with Gasteiger partial charge in [-0.2, -0.15) is 4.31 Å². The monoisotopic (exact) mass is 339 g/mol. The van der Waals surface area contributed by atoms with Gasteiger partial charge in [0.25, 0.3) is 0 Å². The van der Waals surface area contributed by atoms with E-state index in [0.29, 0.717) is 24.5 Å². The molecule has 1 saturated heterocycles. The van der Waals surface area contributed by atoms with Gasteiger partial charge in [0.05, 0.1) is 5.39 Å². The number of H-pyrrole nitrogens is 1. The highest BCUT2D eigenvalue weighted by Crippen LogP contribution is 2.30. The smallest absolute Gasteiger partial charge is 0.245 e. The van der Waals surface area contributed by atoms with Crippen LogP contribution in [0.5, 0.6) is 0 Å². The first-order valence-corrected chi connectivity index (χ1v) is 9.31. The molecule has 1 aliphatic rings. The summed E-state index contributed by atoms with van der Waals surface area (Å²) in [5.74, 6) is -0.187. The molecular formula is C16H22FN3O2S. The Morgan fingerprint density at radius 1 is 1.43 bits per heavy atom. The lowest BCUT2D eigenvalue weighted by atomic mass is 10.1. The van der Waals surface area contributed by atoms with Crippen LogP contribution >= 0.6 is 0 Å². The van der Waals surface area contributed by atoms with Crippen LogP contribution in [0.4, 0.5) is 4.39 Å². The number of nitrogens with one attached hydrogen (secondary N) is 1. The largest absolute Gasteiger partial charge is 0.360 e. The Morgan fingerprint density at radius 3 is 2.96 bits per heavy atom. The number of rotatable bonds is 5. The Hall–Kier alpha value is -1.44. The van der Waals surface area contributed by atoms with E-state index in [0.717, 1.165) is 19.5 Å². The fraction of sp³-hybridized carbons (Fsp3) is 0.500. The van der Waals surface area contributed by atoms with Gasteiger partial charge in [-0.05, 0) is 38.1 Å². The van der Waals surface area contributed by atoms with E-state index in [9.17, 15) is 12.8 Å². The summed E-state index contributed by atoms with van der Waals surface area (Å²) in [7, 11) is -1.64. The Bertz CT molecular complexity index is 803. The summed E-state index contributed by atoms with van der Waals surface area (Å²) >= 11 is 0. The molecule has 1 fully saturated rings. The van der Waals surface area contributed by atoms with E-state index in [2.05, 4.69) is 16.8 Å². The summed E-state index contributed by atoms with van der Waals surface area (Å²) in [6.07, 6.45) is 2.24. The van der Waals surface area contributed by atoms with Gasteiger partial charge in [0.15, 0.2) is 0 Å². The predicted octanol–water partition coefficient (Wildman–Crippen LogP) is 2.27. The van der Waals surface area contributed by atoms with E-state index in [4.69, 9.17) is 0 Å². The molecule has 0 unspecified atom stereocenters. The van der Waals surface area contributed by atoms with Crippen LogP contribution in [0.3, 0.4) is 0 Å². The number of nitrogens with zero attached hydrogens (tertiary/aromatic N) is 2. The van der Waals surface area contributed by atoms with Crippen LogP contribution in [0.15, 0.2) is 29.3 Å². The molecule has 2 heterocycles. The Kier molecular flexibility index (Phi) is 4.44. The lowest BCUT2D eigenvalue weighted by Crippen LogP contribution is -2.31. The summed E-state index contributed by atoms with van der Waals surface area (Å²) in [5.41, 5.74) is 0.505. The molecule has 1 N–H and O–H groups in total. The number of hydrogen-bond acceptors (Lipinski definition) is 3. The summed E-state index contributed by atoms with van der Waals surface area (Å²) in [4.78, 5) is 5.08. The van der Waals surface area contributed by atoms with Crippen molar-refractivity contribution in [3.05, 3.63) is 30.2 Å². The Balaban J connectivity index is 1.87. The number of fused-ring (bicyclic) bond motifs is 1. The topological polar surface area (TPSA) is 56.4 Å². The molecule has 7 heteroatoms. The van der Waals surface area contributed by atoms with E-state index >= 15 is 0 Å². The van der Waals surface area contributed by atoms with Gasteiger partial charge >= 0.3 is 0 Å². The molecule has 5 nitrogen and oxygen atoms in total. The van der Waals surface area contributed by atoms with Gasteiger partial charge in [-0.3, -0.25) is 0 Å². The zero-order valence-electron chi connectivity index (χ0n) is 13.4. The highest BCUT2D eigenvalue weighted by atomic mass is 32.2. The molecule has 2 aromatic rings. The van der Waals surface area contributed by atoms with Gasteiger partial charge in [0.1, 0.15) is 10.7 Å². The fourth-order valence-corrected chi connectivity index (χ4v) is 4.89. The summed E-state index contributed by atoms with van der Waals surface area (Å²) in [6.45, 7) is 4.89. The van der Waals surface area contributed by atoms with Gasteiger partial charge in [0, 0.05) is 31.3 Å². The minimum Gasteiger partial charge on any atom is -0.360 e. The van der Waals surface area contributed by atoms with Crippen LogP contribution in [0.2, 0.25) is 0 Å². The van der Waals surface area contributed by atoms with Crippen LogP contribution in [0, 0.1) is 11.7 Å². The maximum Gasteiger partial charge on any atom is 0.245 e. The van der Waals surface area contributed by atoms with E-state index < -0.39 is 15.8 Å². The maximum atomic E-state index is 14.1. The molecular weight excluding hydrogens is 317 g/mol. The van der Waals surface area contributed by atoms with Gasteiger partial charge in [0.2, 0.25) is 10.0 Å². The van der Waals surface area contributed by atoms with Crippen molar-refractivity contribution >= 4 is 20.9 Å². The number of aromatic amines is 1. The summed E-state index contributed by atoms with van der Waals surface area (Å²) < 4.78 is 41.3. The van der Waals surface area contributed by atoms with Gasteiger partial charge in [-0.25, -0.2) is 12.8 Å². The third-order valence-electron chi connectivity index (χ3n) is 4.59. The first-order chi connectivity index (χ1) is 10.9. The van der Waals surface area contributed by atoms with Crippen LogP contribution in [0.1, 0.15) is 13.3 Å². The molecule has 0 spiro atoms. The quantitative estimate of drug-likeness (QED) is 0.909. The highest BCUT2D eigenvalue weighted by Gasteiger charge is 2.34. The molecule has 0 radical (unpaired) electrons. The van der Waals surface area contributed by atoms with E-state index in [1.165, 1.54) is 16.6 Å². The van der Waals surface area contributed by atoms with Crippen molar-refractivity contribution in [1.29, 1.82) is 0 Å². The number of hydrogen-bond donors (Lipinski definition) is 1. The third-order valence-corrected chi connectivity index (χ3v) is 6.48. The van der Waals surface area contributed by atoms with Crippen molar-refractivity contribution in [1.82, 2.24) is 14.2 Å². The molecule has 0 amide bonds. The molecule has 1 aliphatic heterocycles. The number of sulfonamides is 1. The second-order valence-corrected chi connectivity index (χ2v) is 8.09. The summed E-state index contributed by atoms with van der Waals surface area (Å²) in [6, 6.07) is 4.54. The molecule has 0 saturated carbocycles. The SMILES string of the molecule is CCN(C)C[C@H]1CCN(S(=O)(=O)c2c[nH]c3cccc(F)c23)C1. The fourth-order valence-electron chi connectivity index (χ4n) is 3.19. The normalized spacial score (nSPS) is 19.9. The van der Waals surface area contributed by atoms with Crippen molar-refractivity contribution in [3.8, 4) is 0 Å². The predicted molar refractivity (Wildman–Crippen MR) is 88.3 cm³/mol. The Morgan fingerprint density at radius 2 is 2.22 bits per heavy atom. The molecule has 1 atom stereocenters. The molecule has 1 aromatic carbocycles. The zero-order chi connectivity index (χ0) is 16.6. The van der Waals surface area contributed by atoms with Crippen LogP contribution in [0.25, 0.3) is 10.9 Å². The third kappa shape index (κ3) is 3.00. The van der Waals surface area contributed by atoms with Crippen molar-refractivity contribution < 1.29 is 12.8 Å². The second-order valence-electron chi connectivity index (χ2n) is 6.19. The van der Waals surface area contributed by atoms with Gasteiger partial charge in [-0.1, -0.05) is 13.0 Å². The van der Waals surface area contributed by atoms with Gasteiger partial charge in [-0.15, -0.1) is 0 Å². The van der Waals surface area contributed by atoms with Crippen LogP contribution in [-0.4, -0.2) is 55.8 Å². The molecule has 0 bridgehead atoms. The number of aromatic nitrogens is 1. The Labute approximate surface area is 136 Å². The lowest BCUT2D eigenvalue weighted by molar-refractivity contribution is 0.293. The van der Waals surface area contributed by atoms with Crippen LogP contribution < -0.4 is 0 Å². The van der Waals surface area contributed by atoms with Crippen molar-refractivity contribution in [2.45, 2.75) is 18.2 Å². The number of benzene rings is 1. The average molecular weight is 339 g/mol. The van der Waals surface area contributed by atoms with E-state index in [1.54, 1.807) is 12.1 Å². The highest BCUT2D eigenvalue weighted by molar-refractivity contribution is 7.89. The lowest BCUT2D eigenvalue weighted by Gasteiger charge is -2.20. The zero-order valence-corrected chi connectivity index (χ0v) is 14.2.